The summed E-state index contributed by atoms with van der Waals surface area (Å²) in [6, 6.07) is 11.3. The van der Waals surface area contributed by atoms with Gasteiger partial charge in [-0.3, -0.25) is 14.0 Å². The van der Waals surface area contributed by atoms with Gasteiger partial charge in [0.05, 0.1) is 5.69 Å². The highest BCUT2D eigenvalue weighted by Crippen LogP contribution is 2.36. The maximum Gasteiger partial charge on any atom is 0.265 e. The van der Waals surface area contributed by atoms with E-state index in [1.54, 1.807) is 4.90 Å². The second kappa shape index (κ2) is 5.73. The highest BCUT2D eigenvalue weighted by atomic mass is 16.5. The molecule has 3 heterocycles. The van der Waals surface area contributed by atoms with Crippen LogP contribution in [0.15, 0.2) is 36.4 Å². The summed E-state index contributed by atoms with van der Waals surface area (Å²) < 4.78 is 7.34. The molecule has 0 atom stereocenters. The maximum atomic E-state index is 12.1. The second-order valence-corrected chi connectivity index (χ2v) is 5.93. The summed E-state index contributed by atoms with van der Waals surface area (Å²) in [5.74, 6) is 0.589. The molecule has 0 unspecified atom stereocenters. The van der Waals surface area contributed by atoms with Crippen molar-refractivity contribution >= 4 is 23.5 Å². The molecule has 0 bridgehead atoms. The van der Waals surface area contributed by atoms with Crippen LogP contribution in [0.3, 0.4) is 0 Å². The zero-order valence-electron chi connectivity index (χ0n) is 14.0. The summed E-state index contributed by atoms with van der Waals surface area (Å²) >= 11 is 0. The lowest BCUT2D eigenvalue weighted by Crippen LogP contribution is -2.38. The van der Waals surface area contributed by atoms with Crippen molar-refractivity contribution in [1.29, 1.82) is 0 Å². The zero-order chi connectivity index (χ0) is 17.6. The number of likely N-dealkylation sites (N-methyl/N-ethyl adjacent to an activating group) is 1. The first-order chi connectivity index (χ1) is 12.1. The van der Waals surface area contributed by atoms with Crippen molar-refractivity contribution in [3.63, 3.8) is 0 Å². The van der Waals surface area contributed by atoms with E-state index in [0.717, 1.165) is 23.2 Å². The minimum Gasteiger partial charge on any atom is -0.482 e. The van der Waals surface area contributed by atoms with Gasteiger partial charge in [-0.25, -0.2) is 4.98 Å². The number of aromatic nitrogens is 2. The molecule has 3 aromatic rings. The molecule has 126 valence electrons. The number of carbonyl (C=O) groups excluding carboxylic acids is 2. The molecule has 25 heavy (non-hydrogen) atoms. The molecular weight excluding hydrogens is 318 g/mol. The zero-order valence-corrected chi connectivity index (χ0v) is 14.0. The van der Waals surface area contributed by atoms with Crippen LogP contribution < -0.4 is 9.64 Å². The minimum atomic E-state index is -0.0754. The summed E-state index contributed by atoms with van der Waals surface area (Å²) in [6.45, 7) is 4.46. The molecule has 2 aromatic heterocycles. The fraction of sp³-hybridized carbons (Fsp3) is 0.211. The predicted molar refractivity (Wildman–Crippen MR) is 94.3 cm³/mol. The molecule has 1 amide bonds. The number of carbonyl (C=O) groups is 2. The van der Waals surface area contributed by atoms with Crippen molar-refractivity contribution in [2.45, 2.75) is 13.8 Å². The third-order valence-corrected chi connectivity index (χ3v) is 4.48. The number of aryl methyl sites for hydroxylation is 1. The lowest BCUT2D eigenvalue weighted by Gasteiger charge is -2.28. The Morgan fingerprint density at radius 1 is 1.28 bits per heavy atom. The molecule has 0 N–H and O–H groups in total. The Hall–Kier alpha value is -3.15. The van der Waals surface area contributed by atoms with Crippen molar-refractivity contribution in [2.24, 2.45) is 0 Å². The largest absolute Gasteiger partial charge is 0.482 e. The van der Waals surface area contributed by atoms with Gasteiger partial charge in [-0.2, -0.15) is 0 Å². The predicted octanol–water partition coefficient (Wildman–Crippen LogP) is 2.87. The molecule has 0 aliphatic carbocycles. The first-order valence-corrected chi connectivity index (χ1v) is 8.15. The van der Waals surface area contributed by atoms with Gasteiger partial charge in [0.2, 0.25) is 0 Å². The third kappa shape index (κ3) is 2.29. The minimum absolute atomic E-state index is 0.0489. The molecule has 6 heteroatoms. The van der Waals surface area contributed by atoms with Gasteiger partial charge in [-0.15, -0.1) is 0 Å². The van der Waals surface area contributed by atoms with Gasteiger partial charge in [-0.05, 0) is 44.2 Å². The summed E-state index contributed by atoms with van der Waals surface area (Å²) in [5, 5.41) is 0. The number of ether oxygens (including phenoxy) is 1. The van der Waals surface area contributed by atoms with Crippen LogP contribution in [0.4, 0.5) is 5.69 Å². The summed E-state index contributed by atoms with van der Waals surface area (Å²) in [6.07, 6.45) is 0.820. The van der Waals surface area contributed by atoms with Crippen molar-refractivity contribution < 1.29 is 14.3 Å². The van der Waals surface area contributed by atoms with Crippen LogP contribution in [0, 0.1) is 6.92 Å². The monoisotopic (exact) mass is 335 g/mol. The van der Waals surface area contributed by atoms with E-state index in [-0.39, 0.29) is 12.5 Å². The lowest BCUT2D eigenvalue weighted by atomic mass is 10.1. The topological polar surface area (TPSA) is 63.9 Å². The molecule has 4 rings (SSSR count). The second-order valence-electron chi connectivity index (χ2n) is 5.93. The van der Waals surface area contributed by atoms with E-state index >= 15 is 0 Å². The van der Waals surface area contributed by atoms with E-state index in [4.69, 9.17) is 4.74 Å². The molecule has 0 saturated carbocycles. The van der Waals surface area contributed by atoms with Crippen molar-refractivity contribution in [3.05, 3.63) is 47.8 Å². The van der Waals surface area contributed by atoms with E-state index in [9.17, 15) is 9.59 Å². The van der Waals surface area contributed by atoms with Crippen LogP contribution in [-0.4, -0.2) is 34.7 Å². The fourth-order valence-corrected chi connectivity index (χ4v) is 3.30. The molecular formula is C19H17N3O3. The van der Waals surface area contributed by atoms with Gasteiger partial charge < -0.3 is 9.64 Å². The SMILES string of the molecule is CCN1C(=O)COc2ccc(-c3nc4cccc(C)n4c3C=O)cc21. The highest BCUT2D eigenvalue weighted by Gasteiger charge is 2.25. The fourth-order valence-electron chi connectivity index (χ4n) is 3.30. The van der Waals surface area contributed by atoms with Gasteiger partial charge in [0, 0.05) is 17.8 Å². The third-order valence-electron chi connectivity index (χ3n) is 4.48. The van der Waals surface area contributed by atoms with Crippen LogP contribution in [-0.2, 0) is 4.79 Å². The molecule has 6 nitrogen and oxygen atoms in total. The normalized spacial score (nSPS) is 13.7. The Labute approximate surface area is 144 Å². The average molecular weight is 335 g/mol. The average Bonchev–Trinajstić information content (AvgIpc) is 3.01. The molecule has 0 fully saturated rings. The first kappa shape index (κ1) is 15.4. The summed E-state index contributed by atoms with van der Waals surface area (Å²) in [4.78, 5) is 30.1. The number of pyridine rings is 1. The van der Waals surface area contributed by atoms with Crippen LogP contribution in [0.1, 0.15) is 23.1 Å². The van der Waals surface area contributed by atoms with E-state index in [0.29, 0.717) is 29.4 Å². The van der Waals surface area contributed by atoms with Gasteiger partial charge in [0.1, 0.15) is 22.8 Å². The molecule has 0 saturated heterocycles. The number of rotatable bonds is 3. The molecule has 1 aliphatic rings. The van der Waals surface area contributed by atoms with Crippen LogP contribution in [0.2, 0.25) is 0 Å². The van der Waals surface area contributed by atoms with E-state index in [1.807, 2.05) is 54.6 Å². The van der Waals surface area contributed by atoms with Crippen molar-refractivity contribution in [2.75, 3.05) is 18.1 Å². The Morgan fingerprint density at radius 2 is 2.12 bits per heavy atom. The summed E-state index contributed by atoms with van der Waals surface area (Å²) in [7, 11) is 0. The molecule has 0 spiro atoms. The number of fused-ring (bicyclic) bond motifs is 2. The van der Waals surface area contributed by atoms with E-state index in [2.05, 4.69) is 4.98 Å². The number of hydrogen-bond donors (Lipinski definition) is 0. The number of amides is 1. The number of hydrogen-bond acceptors (Lipinski definition) is 4. The first-order valence-electron chi connectivity index (χ1n) is 8.15. The van der Waals surface area contributed by atoms with Crippen molar-refractivity contribution in [1.82, 2.24) is 9.38 Å². The molecule has 1 aromatic carbocycles. The van der Waals surface area contributed by atoms with Crippen molar-refractivity contribution in [3.8, 4) is 17.0 Å². The highest BCUT2D eigenvalue weighted by molar-refractivity contribution is 5.99. The quantitative estimate of drug-likeness (QED) is 0.691. The summed E-state index contributed by atoms with van der Waals surface area (Å²) in [5.41, 5.74) is 4.24. The Balaban J connectivity index is 1.93. The van der Waals surface area contributed by atoms with Gasteiger partial charge in [-0.1, -0.05) is 6.07 Å². The number of anilines is 1. The molecule has 0 radical (unpaired) electrons. The van der Waals surface area contributed by atoms with Crippen LogP contribution in [0.5, 0.6) is 5.75 Å². The number of benzene rings is 1. The number of nitrogens with zero attached hydrogens (tertiary/aromatic N) is 3. The van der Waals surface area contributed by atoms with Crippen LogP contribution >= 0.6 is 0 Å². The van der Waals surface area contributed by atoms with Gasteiger partial charge in [0.15, 0.2) is 12.9 Å². The van der Waals surface area contributed by atoms with Crippen LogP contribution in [0.25, 0.3) is 16.9 Å². The standard InChI is InChI=1S/C19H17N3O3/c1-3-21-14-9-13(7-8-16(14)25-11-18(21)24)19-15(10-23)22-12(2)5-4-6-17(22)20-19/h4-10H,3,11H2,1-2H3. The van der Waals surface area contributed by atoms with Gasteiger partial charge >= 0.3 is 0 Å². The Kier molecular flexibility index (Phi) is 3.53. The lowest BCUT2D eigenvalue weighted by molar-refractivity contribution is -0.121. The maximum absolute atomic E-state index is 12.1. The smallest absolute Gasteiger partial charge is 0.265 e. The van der Waals surface area contributed by atoms with E-state index < -0.39 is 0 Å². The number of aldehydes is 1. The Bertz CT molecular complexity index is 1010. The number of imidazole rings is 1. The molecule has 1 aliphatic heterocycles. The Morgan fingerprint density at radius 3 is 2.88 bits per heavy atom. The van der Waals surface area contributed by atoms with Gasteiger partial charge in [0.25, 0.3) is 5.91 Å². The van der Waals surface area contributed by atoms with E-state index in [1.165, 1.54) is 0 Å².